The molecule has 0 saturated carbocycles. The van der Waals surface area contributed by atoms with Crippen molar-refractivity contribution >= 4 is 49.1 Å². The highest BCUT2D eigenvalue weighted by Crippen LogP contribution is 2.28. The minimum atomic E-state index is -1.88. The molecule has 0 aliphatic carbocycles. The van der Waals surface area contributed by atoms with Gasteiger partial charge in [-0.1, -0.05) is 41.4 Å². The highest BCUT2D eigenvalue weighted by atomic mass is 35.6. The van der Waals surface area contributed by atoms with Gasteiger partial charge in [-0.2, -0.15) is 0 Å². The van der Waals surface area contributed by atoms with Crippen molar-refractivity contribution in [3.8, 4) is 0 Å². The highest BCUT2D eigenvalue weighted by molar-refractivity contribution is 6.72. The van der Waals surface area contributed by atoms with Crippen LogP contribution in [-0.2, 0) is 14.0 Å². The molecule has 0 heterocycles. The van der Waals surface area contributed by atoms with Gasteiger partial charge < -0.3 is 9.16 Å². The van der Waals surface area contributed by atoms with Gasteiger partial charge in [0.1, 0.15) is 0 Å². The number of hydrogen-bond acceptors (Lipinski definition) is 3. The molecule has 0 rings (SSSR count). The zero-order valence-electron chi connectivity index (χ0n) is 10.9. The quantitative estimate of drug-likeness (QED) is 0.231. The summed E-state index contributed by atoms with van der Waals surface area (Å²) in [5.74, 6) is -0.364. The zero-order chi connectivity index (χ0) is 14.4. The lowest BCUT2D eigenvalue weighted by Gasteiger charge is -2.25. The Balaban J connectivity index is 3.84. The van der Waals surface area contributed by atoms with Crippen molar-refractivity contribution in [2.75, 3.05) is 13.2 Å². The molecule has 0 fully saturated rings. The van der Waals surface area contributed by atoms with E-state index >= 15 is 0 Å². The molecule has 106 valence electrons. The third kappa shape index (κ3) is 10.2. The van der Waals surface area contributed by atoms with Crippen molar-refractivity contribution in [1.29, 1.82) is 0 Å². The van der Waals surface area contributed by atoms with Gasteiger partial charge in [-0.15, -0.1) is 0 Å². The largest absolute Gasteiger partial charge is 0.462 e. The minimum absolute atomic E-state index is 0.0858. The molecule has 0 spiro atoms. The number of ether oxygens (including phenoxy) is 1. The van der Waals surface area contributed by atoms with Crippen LogP contribution in [0.4, 0.5) is 0 Å². The molecule has 18 heavy (non-hydrogen) atoms. The summed E-state index contributed by atoms with van der Waals surface area (Å²) in [6, 6.07) is 0.831. The SMILES string of the molecule is C=C(C)C(=O)OCCC[Si](C)(C)OCC(Cl)(Cl)Cl. The van der Waals surface area contributed by atoms with Crippen LogP contribution in [-0.4, -0.2) is 31.3 Å². The Bertz CT molecular complexity index is 300. The van der Waals surface area contributed by atoms with Crippen LogP contribution >= 0.6 is 34.8 Å². The first-order valence-electron chi connectivity index (χ1n) is 5.57. The van der Waals surface area contributed by atoms with Crippen molar-refractivity contribution in [3.05, 3.63) is 12.2 Å². The molecule has 0 saturated heterocycles. The summed E-state index contributed by atoms with van der Waals surface area (Å²) in [5.41, 5.74) is 0.402. The van der Waals surface area contributed by atoms with E-state index in [4.69, 9.17) is 44.0 Å². The van der Waals surface area contributed by atoms with Crippen LogP contribution < -0.4 is 0 Å². The third-order valence-electron chi connectivity index (χ3n) is 2.13. The van der Waals surface area contributed by atoms with E-state index in [2.05, 4.69) is 6.58 Å². The number of carbonyl (C=O) groups is 1. The lowest BCUT2D eigenvalue weighted by atomic mass is 10.4. The van der Waals surface area contributed by atoms with Crippen LogP contribution in [0.5, 0.6) is 0 Å². The summed E-state index contributed by atoms with van der Waals surface area (Å²) >= 11 is 16.9. The summed E-state index contributed by atoms with van der Waals surface area (Å²) < 4.78 is 9.25. The number of hydrogen-bond donors (Lipinski definition) is 0. The van der Waals surface area contributed by atoms with Crippen LogP contribution in [0.25, 0.3) is 0 Å². The van der Waals surface area contributed by atoms with Gasteiger partial charge in [0.05, 0.1) is 13.2 Å². The molecule has 0 unspecified atom stereocenters. The fraction of sp³-hybridized carbons (Fsp3) is 0.727. The van der Waals surface area contributed by atoms with Gasteiger partial charge in [0, 0.05) is 5.57 Å². The Kier molecular flexibility index (Phi) is 7.86. The van der Waals surface area contributed by atoms with Crippen molar-refractivity contribution in [2.24, 2.45) is 0 Å². The Hall–Kier alpha value is 0.257. The molecule has 0 atom stereocenters. The van der Waals surface area contributed by atoms with E-state index in [1.807, 2.05) is 13.1 Å². The predicted molar refractivity (Wildman–Crippen MR) is 78.9 cm³/mol. The summed E-state index contributed by atoms with van der Waals surface area (Å²) in [4.78, 5) is 11.1. The van der Waals surface area contributed by atoms with E-state index in [9.17, 15) is 4.79 Å². The average molecular weight is 334 g/mol. The number of rotatable bonds is 7. The molecule has 0 aromatic heterocycles. The van der Waals surface area contributed by atoms with E-state index in [-0.39, 0.29) is 12.6 Å². The number of esters is 1. The summed E-state index contributed by atoms with van der Waals surface area (Å²) in [5, 5.41) is 0. The second-order valence-corrected chi connectivity index (χ2v) is 11.5. The predicted octanol–water partition coefficient (Wildman–Crippen LogP) is 4.09. The molecule has 0 aliphatic rings. The second kappa shape index (κ2) is 7.75. The first kappa shape index (κ1) is 18.3. The molecule has 0 aromatic carbocycles. The molecule has 3 nitrogen and oxygen atoms in total. The standard InChI is InChI=1S/C11H19Cl3O3Si/c1-9(2)10(15)16-6-5-7-18(3,4)17-8-11(12,13)14/h1,5-8H2,2-4H3. The maximum atomic E-state index is 11.1. The van der Waals surface area contributed by atoms with Gasteiger partial charge in [-0.05, 0) is 32.5 Å². The zero-order valence-corrected chi connectivity index (χ0v) is 14.2. The van der Waals surface area contributed by atoms with Gasteiger partial charge in [0.15, 0.2) is 8.32 Å². The van der Waals surface area contributed by atoms with E-state index in [1.54, 1.807) is 6.92 Å². The van der Waals surface area contributed by atoms with Gasteiger partial charge in [0.25, 0.3) is 0 Å². The van der Waals surface area contributed by atoms with Gasteiger partial charge in [-0.25, -0.2) is 4.79 Å². The van der Waals surface area contributed by atoms with Gasteiger partial charge >= 0.3 is 5.97 Å². The van der Waals surface area contributed by atoms with E-state index in [1.165, 1.54) is 0 Å². The lowest BCUT2D eigenvalue weighted by molar-refractivity contribution is -0.138. The topological polar surface area (TPSA) is 35.5 Å². The molecule has 0 aliphatic heterocycles. The summed E-state index contributed by atoms with van der Waals surface area (Å²) in [6.45, 7) is 9.63. The van der Waals surface area contributed by atoms with Gasteiger partial charge in [-0.3, -0.25) is 0 Å². The number of carbonyl (C=O) groups excluding carboxylic acids is 1. The molecule has 0 aromatic rings. The Labute approximate surface area is 125 Å². The normalized spacial score (nSPS) is 12.3. The first-order chi connectivity index (χ1) is 8.03. The number of alkyl halides is 3. The molecule has 0 amide bonds. The Morgan fingerprint density at radius 1 is 1.33 bits per heavy atom. The fourth-order valence-electron chi connectivity index (χ4n) is 1.14. The molecular weight excluding hydrogens is 315 g/mol. The molecule has 0 N–H and O–H groups in total. The van der Waals surface area contributed by atoms with E-state index < -0.39 is 12.1 Å². The molecular formula is C11H19Cl3O3Si. The smallest absolute Gasteiger partial charge is 0.333 e. The van der Waals surface area contributed by atoms with Crippen molar-refractivity contribution in [2.45, 2.75) is 36.3 Å². The lowest BCUT2D eigenvalue weighted by Crippen LogP contribution is -2.34. The Morgan fingerprint density at radius 2 is 1.89 bits per heavy atom. The van der Waals surface area contributed by atoms with E-state index in [0.29, 0.717) is 12.2 Å². The van der Waals surface area contributed by atoms with Crippen LogP contribution in [0.2, 0.25) is 19.1 Å². The van der Waals surface area contributed by atoms with Crippen molar-refractivity contribution in [1.82, 2.24) is 0 Å². The van der Waals surface area contributed by atoms with Crippen LogP contribution in [0.1, 0.15) is 13.3 Å². The monoisotopic (exact) mass is 332 g/mol. The third-order valence-corrected chi connectivity index (χ3v) is 4.94. The van der Waals surface area contributed by atoms with E-state index in [0.717, 1.165) is 12.5 Å². The number of halogens is 3. The minimum Gasteiger partial charge on any atom is -0.462 e. The second-order valence-electron chi connectivity index (χ2n) is 4.68. The average Bonchev–Trinajstić information content (AvgIpc) is 2.20. The highest BCUT2D eigenvalue weighted by Gasteiger charge is 2.28. The molecule has 7 heteroatoms. The van der Waals surface area contributed by atoms with Crippen LogP contribution in [0.15, 0.2) is 12.2 Å². The van der Waals surface area contributed by atoms with Crippen LogP contribution in [0.3, 0.4) is 0 Å². The maximum absolute atomic E-state index is 11.1. The maximum Gasteiger partial charge on any atom is 0.333 e. The fourth-order valence-corrected chi connectivity index (χ4v) is 3.32. The summed E-state index contributed by atoms with van der Waals surface area (Å²) in [6.07, 6.45) is 0.734. The summed E-state index contributed by atoms with van der Waals surface area (Å²) in [7, 11) is -1.88. The van der Waals surface area contributed by atoms with Crippen molar-refractivity contribution < 1.29 is 14.0 Å². The molecule has 0 bridgehead atoms. The van der Waals surface area contributed by atoms with Crippen molar-refractivity contribution in [3.63, 3.8) is 0 Å². The Morgan fingerprint density at radius 3 is 2.33 bits per heavy atom. The van der Waals surface area contributed by atoms with Crippen LogP contribution in [0, 0.1) is 0 Å². The molecule has 0 radical (unpaired) electrons. The van der Waals surface area contributed by atoms with Gasteiger partial charge in [0.2, 0.25) is 3.79 Å². The first-order valence-corrected chi connectivity index (χ1v) is 9.82.